The van der Waals surface area contributed by atoms with Gasteiger partial charge < -0.3 is 5.11 Å². The van der Waals surface area contributed by atoms with E-state index in [9.17, 15) is 5.11 Å². The lowest BCUT2D eigenvalue weighted by Gasteiger charge is -2.08. The lowest BCUT2D eigenvalue weighted by molar-refractivity contribution is 0.169. The van der Waals surface area contributed by atoms with Crippen molar-refractivity contribution in [1.82, 2.24) is 4.98 Å². The Labute approximate surface area is 112 Å². The first-order valence-electron chi connectivity index (χ1n) is 6.08. The van der Waals surface area contributed by atoms with Crippen molar-refractivity contribution in [2.24, 2.45) is 0 Å². The predicted octanol–water partition coefficient (Wildman–Crippen LogP) is 3.98. The molecule has 2 nitrogen and oxygen atoms in total. The van der Waals surface area contributed by atoms with Crippen LogP contribution in [0.5, 0.6) is 0 Å². The Kier molecular flexibility index (Phi) is 4.39. The molecule has 1 atom stereocenters. The van der Waals surface area contributed by atoms with Gasteiger partial charge in [0.15, 0.2) is 0 Å². The number of aromatic nitrogens is 1. The summed E-state index contributed by atoms with van der Waals surface area (Å²) in [5.74, 6) is 0. The molecule has 0 fully saturated rings. The van der Waals surface area contributed by atoms with Gasteiger partial charge in [-0.05, 0) is 37.1 Å². The molecule has 0 bridgehead atoms. The number of rotatable bonds is 4. The van der Waals surface area contributed by atoms with Gasteiger partial charge in [0.2, 0.25) is 0 Å². The first-order valence-corrected chi connectivity index (χ1v) is 6.90. The Morgan fingerprint density at radius 1 is 1.22 bits per heavy atom. The minimum absolute atomic E-state index is 0.456. The molecule has 0 saturated heterocycles. The second-order valence-corrected chi connectivity index (χ2v) is 5.33. The number of aliphatic hydroxyl groups excluding tert-OH is 1. The van der Waals surface area contributed by atoms with Gasteiger partial charge in [0.1, 0.15) is 0 Å². The van der Waals surface area contributed by atoms with Gasteiger partial charge in [0.25, 0.3) is 0 Å². The number of benzene rings is 1. The van der Waals surface area contributed by atoms with Gasteiger partial charge in [0, 0.05) is 16.0 Å². The van der Waals surface area contributed by atoms with E-state index in [1.807, 2.05) is 37.4 Å². The van der Waals surface area contributed by atoms with E-state index < -0.39 is 6.10 Å². The van der Waals surface area contributed by atoms with Crippen LogP contribution in [0.4, 0.5) is 0 Å². The monoisotopic (exact) mass is 259 g/mol. The predicted molar refractivity (Wildman–Crippen MR) is 74.8 cm³/mol. The summed E-state index contributed by atoms with van der Waals surface area (Å²) in [6.45, 7) is 4.05. The molecule has 0 aliphatic carbocycles. The van der Waals surface area contributed by atoms with Crippen molar-refractivity contribution in [2.45, 2.75) is 36.2 Å². The summed E-state index contributed by atoms with van der Waals surface area (Å²) in [5.41, 5.74) is 2.01. The molecule has 3 heteroatoms. The Morgan fingerprint density at radius 3 is 2.61 bits per heavy atom. The highest BCUT2D eigenvalue weighted by Gasteiger charge is 2.06. The average Bonchev–Trinajstić information content (AvgIpc) is 2.41. The smallest absolute Gasteiger partial charge is 0.0957 e. The van der Waals surface area contributed by atoms with Crippen LogP contribution in [0.25, 0.3) is 0 Å². The number of pyridine rings is 1. The molecule has 2 rings (SSSR count). The van der Waals surface area contributed by atoms with Crippen LogP contribution in [0.3, 0.4) is 0 Å². The van der Waals surface area contributed by atoms with E-state index >= 15 is 0 Å². The Hall–Kier alpha value is -1.32. The van der Waals surface area contributed by atoms with Crippen molar-refractivity contribution >= 4 is 11.8 Å². The van der Waals surface area contributed by atoms with Gasteiger partial charge >= 0.3 is 0 Å². The maximum atomic E-state index is 9.68. The highest BCUT2D eigenvalue weighted by atomic mass is 32.2. The third-order valence-electron chi connectivity index (χ3n) is 2.81. The largest absolute Gasteiger partial charge is 0.387 e. The fourth-order valence-corrected chi connectivity index (χ4v) is 2.53. The van der Waals surface area contributed by atoms with E-state index in [4.69, 9.17) is 0 Å². The average molecular weight is 259 g/mol. The lowest BCUT2D eigenvalue weighted by atomic mass is 10.2. The fraction of sp³-hybridized carbons (Fsp3) is 0.267. The van der Waals surface area contributed by atoms with E-state index in [0.29, 0.717) is 6.42 Å². The summed E-state index contributed by atoms with van der Waals surface area (Å²) in [7, 11) is 0. The molecule has 0 radical (unpaired) electrons. The summed E-state index contributed by atoms with van der Waals surface area (Å²) in [6.07, 6.45) is 2.06. The number of hydrogen-bond acceptors (Lipinski definition) is 3. The molecule has 94 valence electrons. The molecule has 1 N–H and O–H groups in total. The highest BCUT2D eigenvalue weighted by Crippen LogP contribution is 2.30. The number of hydrogen-bond donors (Lipinski definition) is 1. The van der Waals surface area contributed by atoms with Crippen molar-refractivity contribution in [3.05, 3.63) is 53.9 Å². The quantitative estimate of drug-likeness (QED) is 0.901. The van der Waals surface area contributed by atoms with Gasteiger partial charge in [-0.1, -0.05) is 36.9 Å². The molecule has 0 amide bonds. The van der Waals surface area contributed by atoms with Gasteiger partial charge in [-0.25, -0.2) is 0 Å². The van der Waals surface area contributed by atoms with Crippen LogP contribution in [0.1, 0.15) is 30.7 Å². The summed E-state index contributed by atoms with van der Waals surface area (Å²) in [4.78, 5) is 6.64. The number of nitrogens with zero attached hydrogens (tertiary/aromatic N) is 1. The SMILES string of the molecule is CCC(O)c1ccc(Sc2ccccc2C)cn1. The molecule has 2 aromatic rings. The zero-order valence-corrected chi connectivity index (χ0v) is 11.4. The number of aliphatic hydroxyl groups is 1. The third kappa shape index (κ3) is 3.12. The first-order chi connectivity index (χ1) is 8.70. The molecule has 1 heterocycles. The maximum Gasteiger partial charge on any atom is 0.0957 e. The molecule has 0 aliphatic heterocycles. The zero-order valence-electron chi connectivity index (χ0n) is 10.6. The number of aryl methyl sites for hydroxylation is 1. The summed E-state index contributed by atoms with van der Waals surface area (Å²) in [6, 6.07) is 12.2. The lowest BCUT2D eigenvalue weighted by Crippen LogP contribution is -1.97. The van der Waals surface area contributed by atoms with Crippen LogP contribution in [0.2, 0.25) is 0 Å². The molecule has 1 aromatic heterocycles. The van der Waals surface area contributed by atoms with Crippen molar-refractivity contribution in [2.75, 3.05) is 0 Å². The molecule has 1 unspecified atom stereocenters. The Morgan fingerprint density at radius 2 is 2.00 bits per heavy atom. The molecular weight excluding hydrogens is 242 g/mol. The summed E-state index contributed by atoms with van der Waals surface area (Å²) < 4.78 is 0. The maximum absolute atomic E-state index is 9.68. The van der Waals surface area contributed by atoms with Gasteiger partial charge in [-0.3, -0.25) is 4.98 Å². The third-order valence-corrected chi connectivity index (χ3v) is 3.96. The Balaban J connectivity index is 2.14. The summed E-state index contributed by atoms with van der Waals surface area (Å²) in [5, 5.41) is 9.68. The molecule has 1 aromatic carbocycles. The van der Waals surface area contributed by atoms with Gasteiger partial charge in [-0.15, -0.1) is 0 Å². The highest BCUT2D eigenvalue weighted by molar-refractivity contribution is 7.99. The Bertz CT molecular complexity index is 510. The van der Waals surface area contributed by atoms with E-state index in [1.54, 1.807) is 11.8 Å². The van der Waals surface area contributed by atoms with Crippen molar-refractivity contribution in [3.8, 4) is 0 Å². The van der Waals surface area contributed by atoms with E-state index in [1.165, 1.54) is 10.5 Å². The van der Waals surface area contributed by atoms with E-state index in [2.05, 4.69) is 24.0 Å². The molecule has 0 aliphatic rings. The molecular formula is C15H17NOS. The van der Waals surface area contributed by atoms with Gasteiger partial charge in [0.05, 0.1) is 11.8 Å². The summed E-state index contributed by atoms with van der Waals surface area (Å²) >= 11 is 1.70. The topological polar surface area (TPSA) is 33.1 Å². The molecule has 18 heavy (non-hydrogen) atoms. The second-order valence-electron chi connectivity index (χ2n) is 4.21. The van der Waals surface area contributed by atoms with Crippen LogP contribution >= 0.6 is 11.8 Å². The van der Waals surface area contributed by atoms with Crippen LogP contribution in [-0.2, 0) is 0 Å². The first kappa shape index (κ1) is 13.1. The van der Waals surface area contributed by atoms with E-state index in [0.717, 1.165) is 10.6 Å². The molecule has 0 spiro atoms. The van der Waals surface area contributed by atoms with Crippen molar-refractivity contribution < 1.29 is 5.11 Å². The minimum Gasteiger partial charge on any atom is -0.387 e. The normalized spacial score (nSPS) is 12.4. The minimum atomic E-state index is -0.456. The zero-order chi connectivity index (χ0) is 13.0. The second kappa shape index (κ2) is 6.03. The van der Waals surface area contributed by atoms with Crippen LogP contribution in [-0.4, -0.2) is 10.1 Å². The van der Waals surface area contributed by atoms with Gasteiger partial charge in [-0.2, -0.15) is 0 Å². The molecule has 0 saturated carbocycles. The fourth-order valence-electron chi connectivity index (χ4n) is 1.66. The van der Waals surface area contributed by atoms with Crippen LogP contribution < -0.4 is 0 Å². The van der Waals surface area contributed by atoms with Crippen molar-refractivity contribution in [1.29, 1.82) is 0 Å². The van der Waals surface area contributed by atoms with E-state index in [-0.39, 0.29) is 0 Å². The van der Waals surface area contributed by atoms with Crippen LogP contribution in [0, 0.1) is 6.92 Å². The van der Waals surface area contributed by atoms with Crippen molar-refractivity contribution in [3.63, 3.8) is 0 Å². The van der Waals surface area contributed by atoms with Crippen LogP contribution in [0.15, 0.2) is 52.4 Å². The standard InChI is InChI=1S/C15H17NOS/c1-3-14(17)13-9-8-12(10-16-13)18-15-7-5-4-6-11(15)2/h4-10,14,17H,3H2,1-2H3.